The van der Waals surface area contributed by atoms with Crippen LogP contribution in [0.25, 0.3) is 168 Å². The topological polar surface area (TPSA) is 363 Å². The molecule has 2 amide bonds. The Hall–Kier alpha value is -13.7. The molecular formula is C82H64Cl3N23O3. The van der Waals surface area contributed by atoms with E-state index in [1.165, 1.54) is 0 Å². The average Bonchev–Trinajstić information content (AvgIpc) is 1.63. The minimum absolute atomic E-state index is 0.0406. The number of hydrogen-bond donors (Lipinski definition) is 8. The third-order valence-corrected chi connectivity index (χ3v) is 19.0. The first-order valence-electron chi connectivity index (χ1n) is 35.3. The Kier molecular flexibility index (Phi) is 19.9. The molecule has 546 valence electrons. The summed E-state index contributed by atoms with van der Waals surface area (Å²) in [6.45, 7) is 9.56. The Labute approximate surface area is 646 Å². The van der Waals surface area contributed by atoms with Crippen LogP contribution in [0.4, 0.5) is 11.4 Å². The molecule has 0 saturated carbocycles. The molecule has 26 nitrogen and oxygen atoms in total. The normalized spacial score (nSPS) is 11.4. The summed E-state index contributed by atoms with van der Waals surface area (Å²) < 4.78 is 0. The maximum Gasteiger partial charge on any atom is 0.226 e. The first-order valence-corrected chi connectivity index (χ1v) is 36.4. The molecule has 0 unspecified atom stereocenters. The van der Waals surface area contributed by atoms with E-state index in [2.05, 4.69) is 101 Å². The molecule has 0 spiro atoms. The minimum atomic E-state index is -0.131. The van der Waals surface area contributed by atoms with Crippen molar-refractivity contribution in [2.45, 2.75) is 53.9 Å². The number of Topliss-reactive ketones (excluding diaryl/α,β-unsaturated/α-hetero) is 1. The molecule has 15 heterocycles. The van der Waals surface area contributed by atoms with E-state index in [4.69, 9.17) is 49.8 Å². The van der Waals surface area contributed by atoms with E-state index in [-0.39, 0.29) is 29.4 Å². The standard InChI is InChI=1S/C28H23ClN8O.C27H21ClN8O.C27H20ClN7O/c1-15(2)6-24(38)33-20-8-17(10-30-12-20)18-9-21-26(36-37-27(21)32-11-18)28-34-23-14-31-13-22(25(23)35-28)16-4-3-5-19(29)7-16;1-14(2)27(37)32-19-7-16(9-29-11-19)17-8-20-24(35-36-25(20)31-10-17)26-33-22-13-30-12-21(23(22)34-26)15-4-3-5-18(28)6-15;1-2-20(36)10-19-7-6-16(11-30-19)17-9-21-25(34-35-26(21)31-12-17)27-32-23-14-29-13-22(24(23)33-27)15-4-3-5-18(28)8-15/h3-5,7-15H,6H2,1-2H3,(H,33,38)(H,34,35)(H,32,36,37);3-14H,1-2H3,(H,32,37)(H,33,34)(H,31,35,36);3-9,11-14H,2,10H2,1H3,(H,32,33)(H,31,34,35). The third-order valence-electron chi connectivity index (χ3n) is 18.3. The number of nitrogens with one attached hydrogen (secondary N) is 8. The van der Waals surface area contributed by atoms with Crippen molar-refractivity contribution in [3.8, 4) is 101 Å². The van der Waals surface area contributed by atoms with Crippen molar-refractivity contribution in [1.82, 2.24) is 105 Å². The molecule has 18 aromatic rings. The minimum Gasteiger partial charge on any atom is -0.335 e. The van der Waals surface area contributed by atoms with Crippen molar-refractivity contribution in [2.75, 3.05) is 10.6 Å². The van der Waals surface area contributed by atoms with E-state index in [0.29, 0.717) is 91.5 Å². The predicted molar refractivity (Wildman–Crippen MR) is 432 cm³/mol. The summed E-state index contributed by atoms with van der Waals surface area (Å²) in [5, 5.41) is 32.5. The fourth-order valence-corrected chi connectivity index (χ4v) is 13.3. The molecule has 0 radical (unpaired) electrons. The molecule has 15 aromatic heterocycles. The largest absolute Gasteiger partial charge is 0.335 e. The number of ketones is 1. The number of pyridine rings is 9. The van der Waals surface area contributed by atoms with Gasteiger partial charge in [0.25, 0.3) is 0 Å². The van der Waals surface area contributed by atoms with Crippen molar-refractivity contribution in [3.63, 3.8) is 0 Å². The van der Waals surface area contributed by atoms with E-state index in [9.17, 15) is 14.4 Å². The van der Waals surface area contributed by atoms with Crippen molar-refractivity contribution >= 4 is 130 Å². The average molecular weight is 1530 g/mol. The molecule has 3 aromatic carbocycles. The number of nitrogens with zero attached hydrogens (tertiary/aromatic N) is 15. The predicted octanol–water partition coefficient (Wildman–Crippen LogP) is 17.9. The SMILES string of the molecule is CC(C)C(=O)Nc1cncc(-c2cnc3n[nH]c(-c4nc5c(-c6cccc(Cl)c6)cncc5[nH]4)c3c2)c1.CC(C)CC(=O)Nc1cncc(-c2cnc3n[nH]c(-c4nc5c(-c6cccc(Cl)c6)cncc5[nH]4)c3c2)c1.CCC(=O)Cc1ccc(-c2cnc3n[nH]c(-c4nc5c(-c6cccc(Cl)c6)cncc5[nH]4)c3c2)cn1. The van der Waals surface area contributed by atoms with E-state index in [0.717, 1.165) is 127 Å². The summed E-state index contributed by atoms with van der Waals surface area (Å²) in [6, 6.07) is 36.4. The van der Waals surface area contributed by atoms with Crippen LogP contribution in [0.5, 0.6) is 0 Å². The second kappa shape index (κ2) is 30.9. The molecule has 0 saturated heterocycles. The fourth-order valence-electron chi connectivity index (χ4n) is 12.7. The Morgan fingerprint density at radius 3 is 1.17 bits per heavy atom. The van der Waals surface area contributed by atoms with Crippen molar-refractivity contribution in [1.29, 1.82) is 0 Å². The highest BCUT2D eigenvalue weighted by atomic mass is 35.5. The van der Waals surface area contributed by atoms with Gasteiger partial charge in [-0.1, -0.05) is 112 Å². The maximum absolute atomic E-state index is 12.2. The van der Waals surface area contributed by atoms with Crippen molar-refractivity contribution < 1.29 is 14.4 Å². The Bertz CT molecular complexity index is 6580. The Morgan fingerprint density at radius 2 is 0.793 bits per heavy atom. The molecule has 0 bridgehead atoms. The highest BCUT2D eigenvalue weighted by molar-refractivity contribution is 6.31. The number of hydrogen-bond acceptors (Lipinski definition) is 18. The number of H-pyrrole nitrogens is 6. The number of aromatic nitrogens is 21. The van der Waals surface area contributed by atoms with E-state index >= 15 is 0 Å². The van der Waals surface area contributed by atoms with Gasteiger partial charge in [0.15, 0.2) is 34.4 Å². The molecule has 8 N–H and O–H groups in total. The number of carbonyl (C=O) groups excluding carboxylic acids is 3. The van der Waals surface area contributed by atoms with Crippen molar-refractivity contribution in [2.24, 2.45) is 11.8 Å². The van der Waals surface area contributed by atoms with E-state index in [1.807, 2.05) is 150 Å². The van der Waals surface area contributed by atoms with Gasteiger partial charge >= 0.3 is 0 Å². The number of carbonyl (C=O) groups is 3. The van der Waals surface area contributed by atoms with E-state index in [1.54, 1.807) is 86.8 Å². The lowest BCUT2D eigenvalue weighted by Gasteiger charge is -2.09. The van der Waals surface area contributed by atoms with E-state index < -0.39 is 0 Å². The van der Waals surface area contributed by atoms with Gasteiger partial charge in [0, 0.05) is 152 Å². The van der Waals surface area contributed by atoms with Gasteiger partial charge in [-0.25, -0.2) is 29.9 Å². The van der Waals surface area contributed by atoms with Gasteiger partial charge in [0.2, 0.25) is 11.8 Å². The summed E-state index contributed by atoms with van der Waals surface area (Å²) in [6.07, 6.45) is 25.6. The van der Waals surface area contributed by atoms with Crippen molar-refractivity contribution in [3.05, 3.63) is 223 Å². The highest BCUT2D eigenvalue weighted by Gasteiger charge is 2.22. The fraction of sp³-hybridized carbons (Fsp3) is 0.122. The summed E-state index contributed by atoms with van der Waals surface area (Å²) >= 11 is 18.7. The number of halogens is 3. The number of imidazole rings is 3. The second-order valence-electron chi connectivity index (χ2n) is 26.9. The molecule has 111 heavy (non-hydrogen) atoms. The maximum atomic E-state index is 12.2. The smallest absolute Gasteiger partial charge is 0.226 e. The van der Waals surface area contributed by atoms with Crippen LogP contribution in [-0.4, -0.2) is 123 Å². The third kappa shape index (κ3) is 15.3. The zero-order valence-corrected chi connectivity index (χ0v) is 62.2. The van der Waals surface area contributed by atoms with Crippen LogP contribution >= 0.6 is 34.8 Å². The van der Waals surface area contributed by atoms with Gasteiger partial charge in [-0.05, 0) is 95.4 Å². The van der Waals surface area contributed by atoms with Gasteiger partial charge in [-0.2, -0.15) is 15.3 Å². The summed E-state index contributed by atoms with van der Waals surface area (Å²) in [4.78, 5) is 101. The lowest BCUT2D eigenvalue weighted by molar-refractivity contribution is -0.119. The van der Waals surface area contributed by atoms with Crippen LogP contribution < -0.4 is 10.6 Å². The van der Waals surface area contributed by atoms with Gasteiger partial charge in [-0.3, -0.25) is 59.6 Å². The van der Waals surface area contributed by atoms with Crippen LogP contribution in [0.3, 0.4) is 0 Å². The monoisotopic (exact) mass is 1520 g/mol. The lowest BCUT2D eigenvalue weighted by atomic mass is 10.1. The molecule has 0 aliphatic carbocycles. The highest BCUT2D eigenvalue weighted by Crippen LogP contribution is 2.38. The number of aromatic amines is 6. The van der Waals surface area contributed by atoms with Crippen LogP contribution in [0.15, 0.2) is 202 Å². The zero-order valence-electron chi connectivity index (χ0n) is 59.9. The number of rotatable bonds is 17. The number of fused-ring (bicyclic) bond motifs is 6. The summed E-state index contributed by atoms with van der Waals surface area (Å²) in [5.74, 6) is 2.06. The molecular weight excluding hydrogens is 1460 g/mol. The summed E-state index contributed by atoms with van der Waals surface area (Å²) in [5.41, 5.74) is 21.1. The van der Waals surface area contributed by atoms with Gasteiger partial charge in [0.05, 0.1) is 91.6 Å². The van der Waals surface area contributed by atoms with Gasteiger partial charge < -0.3 is 25.6 Å². The Morgan fingerprint density at radius 1 is 0.405 bits per heavy atom. The lowest BCUT2D eigenvalue weighted by Crippen LogP contribution is -2.17. The number of benzene rings is 3. The first kappa shape index (κ1) is 71.6. The molecule has 0 atom stereocenters. The van der Waals surface area contributed by atoms with Crippen LogP contribution in [-0.2, 0) is 20.8 Å². The molecule has 29 heteroatoms. The molecule has 0 aliphatic heterocycles. The zero-order chi connectivity index (χ0) is 76.4. The first-order chi connectivity index (χ1) is 54.0. The molecule has 18 rings (SSSR count). The van der Waals surface area contributed by atoms with Crippen LogP contribution in [0.1, 0.15) is 53.2 Å². The quantitative estimate of drug-likeness (QED) is 0.0420. The number of anilines is 2. The number of amides is 2. The summed E-state index contributed by atoms with van der Waals surface area (Å²) in [7, 11) is 0. The molecule has 0 aliphatic rings. The van der Waals surface area contributed by atoms with Gasteiger partial charge in [-0.15, -0.1) is 0 Å². The Balaban J connectivity index is 0.000000126. The van der Waals surface area contributed by atoms with Gasteiger partial charge in [0.1, 0.15) is 22.9 Å². The van der Waals surface area contributed by atoms with Crippen LogP contribution in [0, 0.1) is 11.8 Å². The van der Waals surface area contributed by atoms with Crippen LogP contribution in [0.2, 0.25) is 15.1 Å². The molecule has 0 fully saturated rings. The second-order valence-corrected chi connectivity index (χ2v) is 28.2.